The average molecular weight is 233 g/mol. The van der Waals surface area contributed by atoms with E-state index in [0.29, 0.717) is 6.42 Å². The number of hydrogen-bond acceptors (Lipinski definition) is 6. The molecule has 2 rings (SSSR count). The van der Waals surface area contributed by atoms with Crippen molar-refractivity contribution >= 4 is 0 Å². The number of nitrogens with two attached hydrogens (primary N) is 1. The highest BCUT2D eigenvalue weighted by Gasteiger charge is 2.14. The fourth-order valence-electron chi connectivity index (χ4n) is 1.66. The Morgan fingerprint density at radius 2 is 2.12 bits per heavy atom. The number of rotatable bonds is 5. The number of nitrogens with one attached hydrogen (secondary N) is 1. The van der Waals surface area contributed by atoms with Gasteiger partial charge in [0, 0.05) is 30.9 Å². The van der Waals surface area contributed by atoms with Crippen LogP contribution < -0.4 is 11.3 Å². The van der Waals surface area contributed by atoms with Crippen LogP contribution in [0.2, 0.25) is 0 Å². The van der Waals surface area contributed by atoms with Gasteiger partial charge in [-0.1, -0.05) is 0 Å². The van der Waals surface area contributed by atoms with E-state index >= 15 is 0 Å². The lowest BCUT2D eigenvalue weighted by atomic mass is 10.1. The summed E-state index contributed by atoms with van der Waals surface area (Å²) in [5, 5.41) is 4.12. The molecule has 0 aliphatic carbocycles. The summed E-state index contributed by atoms with van der Waals surface area (Å²) in [6.07, 6.45) is 7.17. The zero-order valence-electron chi connectivity index (χ0n) is 9.61. The van der Waals surface area contributed by atoms with Crippen LogP contribution in [-0.2, 0) is 13.0 Å². The van der Waals surface area contributed by atoms with E-state index < -0.39 is 0 Å². The van der Waals surface area contributed by atoms with E-state index in [-0.39, 0.29) is 6.04 Å². The maximum absolute atomic E-state index is 5.55. The molecule has 0 saturated heterocycles. The first-order valence-electron chi connectivity index (χ1n) is 5.42. The molecule has 0 aromatic carbocycles. The van der Waals surface area contributed by atoms with Crippen LogP contribution in [0.5, 0.6) is 0 Å². The van der Waals surface area contributed by atoms with Gasteiger partial charge in [0.2, 0.25) is 0 Å². The van der Waals surface area contributed by atoms with Gasteiger partial charge < -0.3 is 0 Å². The molecule has 0 amide bonds. The molecule has 0 radical (unpaired) electrons. The molecule has 0 fully saturated rings. The molecule has 7 heteroatoms. The van der Waals surface area contributed by atoms with Crippen molar-refractivity contribution in [3.8, 4) is 0 Å². The fourth-order valence-corrected chi connectivity index (χ4v) is 1.66. The van der Waals surface area contributed by atoms with Gasteiger partial charge in [0.15, 0.2) is 0 Å². The highest BCUT2D eigenvalue weighted by atomic mass is 15.3. The minimum atomic E-state index is -0.0642. The first-order valence-corrected chi connectivity index (χ1v) is 5.42. The molecule has 0 aliphatic rings. The number of hydrogen-bond donors (Lipinski definition) is 2. The third kappa shape index (κ3) is 2.63. The van der Waals surface area contributed by atoms with E-state index in [9.17, 15) is 0 Å². The predicted molar refractivity (Wildman–Crippen MR) is 61.5 cm³/mol. The van der Waals surface area contributed by atoms with Gasteiger partial charge in [-0.25, -0.2) is 15.0 Å². The van der Waals surface area contributed by atoms with Crippen molar-refractivity contribution in [2.24, 2.45) is 5.84 Å². The summed E-state index contributed by atoms with van der Waals surface area (Å²) in [6, 6.07) is -0.0642. The lowest BCUT2D eigenvalue weighted by Crippen LogP contribution is -2.30. The fraction of sp³-hybridized carbons (Fsp3) is 0.400. The first kappa shape index (κ1) is 11.6. The Kier molecular flexibility index (Phi) is 3.73. The molecule has 2 heterocycles. The van der Waals surface area contributed by atoms with E-state index in [2.05, 4.69) is 25.5 Å². The smallest absolute Gasteiger partial charge is 0.138 e. The molecule has 90 valence electrons. The van der Waals surface area contributed by atoms with E-state index in [1.165, 1.54) is 6.33 Å². The molecule has 0 saturated carbocycles. The number of nitrogens with zero attached hydrogens (tertiary/aromatic N) is 5. The molecule has 17 heavy (non-hydrogen) atoms. The molecule has 0 aliphatic heterocycles. The summed E-state index contributed by atoms with van der Waals surface area (Å²) in [7, 11) is 0. The molecule has 2 aromatic rings. The van der Waals surface area contributed by atoms with Gasteiger partial charge in [-0.3, -0.25) is 16.0 Å². The number of hydrazine groups is 1. The Balaban J connectivity index is 2.16. The van der Waals surface area contributed by atoms with Crippen LogP contribution in [0.4, 0.5) is 0 Å². The van der Waals surface area contributed by atoms with Crippen LogP contribution in [0.1, 0.15) is 24.4 Å². The zero-order chi connectivity index (χ0) is 12.1. The van der Waals surface area contributed by atoms with Crippen molar-refractivity contribution in [1.29, 1.82) is 0 Å². The molecular weight excluding hydrogens is 218 g/mol. The van der Waals surface area contributed by atoms with Crippen molar-refractivity contribution in [1.82, 2.24) is 30.2 Å². The molecule has 2 aromatic heterocycles. The number of aryl methyl sites for hydroxylation is 1. The van der Waals surface area contributed by atoms with Crippen molar-refractivity contribution in [3.05, 3.63) is 36.4 Å². The van der Waals surface area contributed by atoms with E-state index in [4.69, 9.17) is 5.84 Å². The first-order chi connectivity index (χ1) is 8.35. The summed E-state index contributed by atoms with van der Waals surface area (Å²) in [4.78, 5) is 12.2. The Morgan fingerprint density at radius 3 is 2.76 bits per heavy atom. The van der Waals surface area contributed by atoms with E-state index in [0.717, 1.165) is 17.9 Å². The number of aromatic nitrogens is 5. The molecular formula is C10H15N7. The minimum absolute atomic E-state index is 0.0642. The normalized spacial score (nSPS) is 12.6. The summed E-state index contributed by atoms with van der Waals surface area (Å²) in [6.45, 7) is 2.81. The third-order valence-electron chi connectivity index (χ3n) is 2.57. The summed E-state index contributed by atoms with van der Waals surface area (Å²) < 4.78 is 1.84. The Morgan fingerprint density at radius 1 is 1.35 bits per heavy atom. The quantitative estimate of drug-likeness (QED) is 0.550. The largest absolute Gasteiger partial charge is 0.271 e. The molecule has 1 unspecified atom stereocenters. The third-order valence-corrected chi connectivity index (χ3v) is 2.57. The monoisotopic (exact) mass is 233 g/mol. The van der Waals surface area contributed by atoms with Crippen LogP contribution in [0.25, 0.3) is 0 Å². The van der Waals surface area contributed by atoms with Gasteiger partial charge in [-0.15, -0.1) is 0 Å². The van der Waals surface area contributed by atoms with Gasteiger partial charge in [0.25, 0.3) is 0 Å². The Bertz CT molecular complexity index is 453. The second-order valence-corrected chi connectivity index (χ2v) is 3.59. The van der Waals surface area contributed by atoms with Crippen molar-refractivity contribution in [3.63, 3.8) is 0 Å². The van der Waals surface area contributed by atoms with Gasteiger partial charge in [0.1, 0.15) is 18.5 Å². The van der Waals surface area contributed by atoms with Gasteiger partial charge in [-0.2, -0.15) is 5.10 Å². The van der Waals surface area contributed by atoms with Gasteiger partial charge in [-0.05, 0) is 6.92 Å². The lowest BCUT2D eigenvalue weighted by Gasteiger charge is -2.14. The maximum atomic E-state index is 5.55. The molecule has 7 nitrogen and oxygen atoms in total. The summed E-state index contributed by atoms with van der Waals surface area (Å²) in [5.41, 5.74) is 3.68. The second kappa shape index (κ2) is 5.46. The standard InChI is InChI=1S/C10H15N7/c1-2-17-10(14-7-15-17)3-9(16-11)8-4-12-6-13-5-8/h4-7,9,16H,2-3,11H2,1H3. The summed E-state index contributed by atoms with van der Waals surface area (Å²) >= 11 is 0. The van der Waals surface area contributed by atoms with E-state index in [1.54, 1.807) is 18.7 Å². The van der Waals surface area contributed by atoms with Crippen LogP contribution >= 0.6 is 0 Å². The average Bonchev–Trinajstić information content (AvgIpc) is 2.84. The zero-order valence-corrected chi connectivity index (χ0v) is 9.61. The van der Waals surface area contributed by atoms with Crippen molar-refractivity contribution in [2.75, 3.05) is 0 Å². The van der Waals surface area contributed by atoms with Gasteiger partial charge >= 0.3 is 0 Å². The minimum Gasteiger partial charge on any atom is -0.271 e. The topological polar surface area (TPSA) is 94.5 Å². The van der Waals surface area contributed by atoms with Crippen LogP contribution in [0.15, 0.2) is 25.0 Å². The molecule has 0 spiro atoms. The lowest BCUT2D eigenvalue weighted by molar-refractivity contribution is 0.508. The van der Waals surface area contributed by atoms with Crippen molar-refractivity contribution in [2.45, 2.75) is 25.9 Å². The highest BCUT2D eigenvalue weighted by Crippen LogP contribution is 2.14. The van der Waals surface area contributed by atoms with Crippen molar-refractivity contribution < 1.29 is 0 Å². The highest BCUT2D eigenvalue weighted by molar-refractivity contribution is 5.11. The Labute approximate surface area is 99.1 Å². The van der Waals surface area contributed by atoms with Crippen LogP contribution in [0, 0.1) is 0 Å². The second-order valence-electron chi connectivity index (χ2n) is 3.59. The van der Waals surface area contributed by atoms with Crippen LogP contribution in [0.3, 0.4) is 0 Å². The van der Waals surface area contributed by atoms with Gasteiger partial charge in [0.05, 0.1) is 6.04 Å². The van der Waals surface area contributed by atoms with E-state index in [1.807, 2.05) is 11.6 Å². The molecule has 3 N–H and O–H groups in total. The predicted octanol–water partition coefficient (Wildman–Crippen LogP) is -0.165. The Hall–Kier alpha value is -1.86. The molecule has 1 atom stereocenters. The summed E-state index contributed by atoms with van der Waals surface area (Å²) in [5.74, 6) is 6.44. The van der Waals surface area contributed by atoms with Crippen LogP contribution in [-0.4, -0.2) is 24.7 Å². The maximum Gasteiger partial charge on any atom is 0.138 e. The molecule has 0 bridgehead atoms. The SMILES string of the molecule is CCn1ncnc1CC(NN)c1cncnc1.